The molecule has 0 aromatic heterocycles. The number of nitrogens with one attached hydrogen (secondary N) is 1. The number of phenolic OH excluding ortho intramolecular Hbond substituents is 1. The van der Waals surface area contributed by atoms with E-state index >= 15 is 0 Å². The smallest absolute Gasteiger partial charge is 0.160 e. The van der Waals surface area contributed by atoms with Crippen LogP contribution < -0.4 is 10.1 Å². The third-order valence-corrected chi connectivity index (χ3v) is 4.01. The fourth-order valence-electron chi connectivity index (χ4n) is 2.87. The summed E-state index contributed by atoms with van der Waals surface area (Å²) in [6.07, 6.45) is 3.55. The van der Waals surface area contributed by atoms with Crippen LogP contribution in [0.4, 0.5) is 0 Å². The molecule has 0 aliphatic carbocycles. The van der Waals surface area contributed by atoms with Crippen molar-refractivity contribution in [1.29, 1.82) is 0 Å². The van der Waals surface area contributed by atoms with Crippen molar-refractivity contribution < 1.29 is 9.84 Å². The molecule has 1 atom stereocenters. The van der Waals surface area contributed by atoms with Gasteiger partial charge in [-0.1, -0.05) is 25.8 Å². The minimum atomic E-state index is 0. The Morgan fingerprint density at radius 2 is 1.95 bits per heavy atom. The first-order valence-electron chi connectivity index (χ1n) is 7.58. The van der Waals surface area contributed by atoms with Crippen molar-refractivity contribution >= 4 is 24.8 Å². The van der Waals surface area contributed by atoms with Gasteiger partial charge in [0, 0.05) is 32.2 Å². The molecule has 1 fully saturated rings. The van der Waals surface area contributed by atoms with Gasteiger partial charge in [-0.05, 0) is 24.1 Å². The molecule has 0 bridgehead atoms. The summed E-state index contributed by atoms with van der Waals surface area (Å²) >= 11 is 0. The van der Waals surface area contributed by atoms with Gasteiger partial charge in [0.05, 0.1) is 7.11 Å². The van der Waals surface area contributed by atoms with Crippen LogP contribution in [0.3, 0.4) is 0 Å². The number of rotatable bonds is 6. The first-order chi connectivity index (χ1) is 9.76. The van der Waals surface area contributed by atoms with Crippen LogP contribution in [0.1, 0.15) is 37.8 Å². The number of piperazine rings is 1. The van der Waals surface area contributed by atoms with Gasteiger partial charge in [0.2, 0.25) is 0 Å². The molecule has 1 aliphatic rings. The zero-order valence-corrected chi connectivity index (χ0v) is 15.0. The highest BCUT2D eigenvalue weighted by atomic mass is 35.5. The Bertz CT molecular complexity index is 427. The lowest BCUT2D eigenvalue weighted by Crippen LogP contribution is -2.45. The molecule has 4 nitrogen and oxygen atoms in total. The molecule has 0 spiro atoms. The van der Waals surface area contributed by atoms with E-state index in [1.165, 1.54) is 18.4 Å². The number of methoxy groups -OCH3 is 1. The second-order valence-electron chi connectivity index (χ2n) is 5.38. The number of benzene rings is 1. The van der Waals surface area contributed by atoms with Gasteiger partial charge >= 0.3 is 0 Å². The van der Waals surface area contributed by atoms with Crippen LogP contribution in [-0.4, -0.2) is 43.3 Å². The normalized spacial score (nSPS) is 16.3. The summed E-state index contributed by atoms with van der Waals surface area (Å²) in [7, 11) is 1.58. The largest absolute Gasteiger partial charge is 0.504 e. The van der Waals surface area contributed by atoms with Crippen molar-refractivity contribution in [2.45, 2.75) is 32.2 Å². The maximum absolute atomic E-state index is 10.0. The van der Waals surface area contributed by atoms with Crippen LogP contribution in [-0.2, 0) is 0 Å². The molecular formula is C16H28Cl2N2O2. The summed E-state index contributed by atoms with van der Waals surface area (Å²) in [5, 5.41) is 13.4. The SMILES string of the molecule is CCCC[C@H](c1ccc(OC)c(O)c1)N1CCNCC1.Cl.Cl. The Kier molecular flexibility index (Phi) is 10.6. The van der Waals surface area contributed by atoms with Crippen molar-refractivity contribution in [3.05, 3.63) is 23.8 Å². The van der Waals surface area contributed by atoms with Crippen LogP contribution in [0.15, 0.2) is 18.2 Å². The monoisotopic (exact) mass is 350 g/mol. The second-order valence-corrected chi connectivity index (χ2v) is 5.38. The van der Waals surface area contributed by atoms with Crippen LogP contribution >= 0.6 is 24.8 Å². The molecule has 128 valence electrons. The summed E-state index contributed by atoms with van der Waals surface area (Å²) in [6, 6.07) is 6.21. The van der Waals surface area contributed by atoms with Crippen molar-refractivity contribution in [2.24, 2.45) is 0 Å². The van der Waals surface area contributed by atoms with Crippen molar-refractivity contribution in [1.82, 2.24) is 10.2 Å². The van der Waals surface area contributed by atoms with Gasteiger partial charge in [0.25, 0.3) is 0 Å². The van der Waals surface area contributed by atoms with Crippen molar-refractivity contribution in [3.63, 3.8) is 0 Å². The zero-order valence-electron chi connectivity index (χ0n) is 13.4. The van der Waals surface area contributed by atoms with Crippen LogP contribution in [0.5, 0.6) is 11.5 Å². The summed E-state index contributed by atoms with van der Waals surface area (Å²) in [5.74, 6) is 0.782. The van der Waals surface area contributed by atoms with E-state index in [0.717, 1.165) is 32.6 Å². The third-order valence-electron chi connectivity index (χ3n) is 4.01. The maximum Gasteiger partial charge on any atom is 0.160 e. The van der Waals surface area contributed by atoms with E-state index in [2.05, 4.69) is 23.2 Å². The average Bonchev–Trinajstić information content (AvgIpc) is 2.49. The zero-order chi connectivity index (χ0) is 14.4. The first kappa shape index (κ1) is 21.3. The van der Waals surface area contributed by atoms with Gasteiger partial charge in [0.15, 0.2) is 11.5 Å². The van der Waals surface area contributed by atoms with Gasteiger partial charge in [0.1, 0.15) is 0 Å². The highest BCUT2D eigenvalue weighted by molar-refractivity contribution is 5.85. The molecule has 2 N–H and O–H groups in total. The van der Waals surface area contributed by atoms with Crippen molar-refractivity contribution in [2.75, 3.05) is 33.3 Å². The number of hydrogen-bond donors (Lipinski definition) is 2. The topological polar surface area (TPSA) is 44.7 Å². The molecule has 1 heterocycles. The van der Waals surface area contributed by atoms with E-state index in [1.807, 2.05) is 12.1 Å². The molecule has 2 rings (SSSR count). The minimum Gasteiger partial charge on any atom is -0.504 e. The molecule has 0 unspecified atom stereocenters. The Morgan fingerprint density at radius 1 is 1.27 bits per heavy atom. The number of unbranched alkanes of at least 4 members (excludes halogenated alkanes) is 1. The molecule has 0 saturated carbocycles. The van der Waals surface area contributed by atoms with E-state index in [4.69, 9.17) is 4.74 Å². The Morgan fingerprint density at radius 3 is 2.50 bits per heavy atom. The Labute approximate surface area is 146 Å². The van der Waals surface area contributed by atoms with Gasteiger partial charge in [-0.15, -0.1) is 24.8 Å². The first-order valence-corrected chi connectivity index (χ1v) is 7.58. The molecule has 1 aromatic carbocycles. The number of hydrogen-bond acceptors (Lipinski definition) is 4. The van der Waals surface area contributed by atoms with E-state index in [-0.39, 0.29) is 30.6 Å². The second kappa shape index (κ2) is 10.9. The van der Waals surface area contributed by atoms with E-state index in [1.54, 1.807) is 7.11 Å². The fourth-order valence-corrected chi connectivity index (χ4v) is 2.87. The molecule has 0 radical (unpaired) electrons. The van der Waals surface area contributed by atoms with E-state index in [9.17, 15) is 5.11 Å². The number of halogens is 2. The lowest BCUT2D eigenvalue weighted by atomic mass is 9.98. The average molecular weight is 351 g/mol. The van der Waals surface area contributed by atoms with Crippen molar-refractivity contribution in [3.8, 4) is 11.5 Å². The maximum atomic E-state index is 10.0. The highest BCUT2D eigenvalue weighted by Crippen LogP contribution is 2.33. The summed E-state index contributed by atoms with van der Waals surface area (Å²) in [5.41, 5.74) is 1.19. The molecule has 6 heteroatoms. The van der Waals surface area contributed by atoms with Gasteiger partial charge in [-0.2, -0.15) is 0 Å². The minimum absolute atomic E-state index is 0. The highest BCUT2D eigenvalue weighted by Gasteiger charge is 2.22. The molecular weight excluding hydrogens is 323 g/mol. The number of ether oxygens (including phenoxy) is 1. The van der Waals surface area contributed by atoms with Crippen LogP contribution in [0, 0.1) is 0 Å². The summed E-state index contributed by atoms with van der Waals surface area (Å²) in [4.78, 5) is 2.52. The predicted molar refractivity (Wildman–Crippen MR) is 95.9 cm³/mol. The molecule has 1 aliphatic heterocycles. The Balaban J connectivity index is 0.00000220. The third kappa shape index (κ3) is 5.51. The van der Waals surface area contributed by atoms with Crippen LogP contribution in [0.25, 0.3) is 0 Å². The molecule has 0 amide bonds. The van der Waals surface area contributed by atoms with Gasteiger partial charge in [-0.3, -0.25) is 4.90 Å². The molecule has 22 heavy (non-hydrogen) atoms. The number of aromatic hydroxyl groups is 1. The number of phenols is 1. The predicted octanol–water partition coefficient (Wildman–Crippen LogP) is 3.38. The lowest BCUT2D eigenvalue weighted by molar-refractivity contribution is 0.163. The van der Waals surface area contributed by atoms with E-state index in [0.29, 0.717) is 11.8 Å². The molecule has 1 saturated heterocycles. The number of nitrogens with zero attached hydrogens (tertiary/aromatic N) is 1. The molecule has 1 aromatic rings. The Hall–Kier alpha value is -0.680. The van der Waals surface area contributed by atoms with Gasteiger partial charge in [-0.25, -0.2) is 0 Å². The van der Waals surface area contributed by atoms with Gasteiger partial charge < -0.3 is 15.2 Å². The van der Waals surface area contributed by atoms with Crippen LogP contribution in [0.2, 0.25) is 0 Å². The van der Waals surface area contributed by atoms with E-state index < -0.39 is 0 Å². The quantitative estimate of drug-likeness (QED) is 0.825. The lowest BCUT2D eigenvalue weighted by Gasteiger charge is -2.35. The standard InChI is InChI=1S/C16H26N2O2.2ClH/c1-3-4-5-14(18-10-8-17-9-11-18)13-6-7-16(20-2)15(19)12-13;;/h6-7,12,14,17,19H,3-5,8-11H2,1-2H3;2*1H/t14-;;/m1../s1. The fraction of sp³-hybridized carbons (Fsp3) is 0.625. The summed E-state index contributed by atoms with van der Waals surface area (Å²) < 4.78 is 5.13. The summed E-state index contributed by atoms with van der Waals surface area (Å²) in [6.45, 7) is 6.46.